The van der Waals surface area contributed by atoms with E-state index in [1.165, 1.54) is 12.8 Å². The highest BCUT2D eigenvalue weighted by atomic mass is 16.3. The molecule has 2 nitrogen and oxygen atoms in total. The van der Waals surface area contributed by atoms with E-state index in [1.807, 2.05) is 0 Å². The second-order valence-corrected chi connectivity index (χ2v) is 4.39. The van der Waals surface area contributed by atoms with Gasteiger partial charge < -0.3 is 10.4 Å². The molecule has 0 spiro atoms. The van der Waals surface area contributed by atoms with E-state index in [0.717, 1.165) is 32.4 Å². The first-order valence-electron chi connectivity index (χ1n) is 5.63. The molecule has 0 radical (unpaired) electrons. The Bertz CT molecular complexity index is 137. The molecule has 1 unspecified atom stereocenters. The molecule has 0 aliphatic carbocycles. The van der Waals surface area contributed by atoms with Crippen LogP contribution in [0, 0.1) is 5.92 Å². The first-order chi connectivity index (χ1) is 6.20. The quantitative estimate of drug-likeness (QED) is 0.701. The predicted octanol–water partition coefficient (Wildman–Crippen LogP) is 1.93. The monoisotopic (exact) mass is 185 g/mol. The first-order valence-corrected chi connectivity index (χ1v) is 5.63. The summed E-state index contributed by atoms with van der Waals surface area (Å²) in [6.07, 6.45) is 5.47. The van der Waals surface area contributed by atoms with Gasteiger partial charge in [-0.3, -0.25) is 0 Å². The van der Waals surface area contributed by atoms with Crippen molar-refractivity contribution in [1.82, 2.24) is 5.32 Å². The SMILES string of the molecule is CCC(CC)CC1(O)CCCNC1. The molecule has 13 heavy (non-hydrogen) atoms. The van der Waals surface area contributed by atoms with Gasteiger partial charge in [0.25, 0.3) is 0 Å². The zero-order valence-electron chi connectivity index (χ0n) is 8.97. The lowest BCUT2D eigenvalue weighted by molar-refractivity contribution is -0.00676. The molecule has 1 aliphatic heterocycles. The minimum atomic E-state index is -0.408. The van der Waals surface area contributed by atoms with Crippen LogP contribution in [0.3, 0.4) is 0 Å². The Labute approximate surface area is 81.7 Å². The van der Waals surface area contributed by atoms with Crippen LogP contribution >= 0.6 is 0 Å². The molecule has 1 heterocycles. The summed E-state index contributed by atoms with van der Waals surface area (Å²) in [5.41, 5.74) is -0.408. The average Bonchev–Trinajstić information content (AvgIpc) is 2.15. The highest BCUT2D eigenvalue weighted by Crippen LogP contribution is 2.27. The Kier molecular flexibility index (Phi) is 4.20. The van der Waals surface area contributed by atoms with Crippen LogP contribution in [0.2, 0.25) is 0 Å². The second-order valence-electron chi connectivity index (χ2n) is 4.39. The highest BCUT2D eigenvalue weighted by molar-refractivity contribution is 4.86. The lowest BCUT2D eigenvalue weighted by Crippen LogP contribution is -2.46. The lowest BCUT2D eigenvalue weighted by atomic mass is 9.83. The van der Waals surface area contributed by atoms with E-state index in [0.29, 0.717) is 5.92 Å². The van der Waals surface area contributed by atoms with E-state index >= 15 is 0 Å². The van der Waals surface area contributed by atoms with E-state index in [4.69, 9.17) is 0 Å². The Hall–Kier alpha value is -0.0800. The first kappa shape index (κ1) is 11.0. The van der Waals surface area contributed by atoms with Crippen LogP contribution in [-0.4, -0.2) is 23.8 Å². The fourth-order valence-corrected chi connectivity index (χ4v) is 2.24. The molecule has 0 saturated carbocycles. The van der Waals surface area contributed by atoms with Crippen molar-refractivity contribution < 1.29 is 5.11 Å². The normalized spacial score (nSPS) is 29.5. The zero-order chi connectivity index (χ0) is 9.73. The summed E-state index contributed by atoms with van der Waals surface area (Å²) < 4.78 is 0. The molecule has 0 aromatic heterocycles. The van der Waals surface area contributed by atoms with Gasteiger partial charge in [0.2, 0.25) is 0 Å². The molecule has 0 aromatic rings. The molecule has 1 fully saturated rings. The van der Waals surface area contributed by atoms with E-state index in [9.17, 15) is 5.11 Å². The molecule has 2 N–H and O–H groups in total. The molecule has 2 heteroatoms. The molecule has 1 aliphatic rings. The van der Waals surface area contributed by atoms with E-state index in [-0.39, 0.29) is 0 Å². The number of nitrogens with one attached hydrogen (secondary N) is 1. The molecule has 0 amide bonds. The number of aliphatic hydroxyl groups is 1. The van der Waals surface area contributed by atoms with Gasteiger partial charge in [0.05, 0.1) is 5.60 Å². The minimum Gasteiger partial charge on any atom is -0.389 e. The van der Waals surface area contributed by atoms with Crippen LogP contribution < -0.4 is 5.32 Å². The fraction of sp³-hybridized carbons (Fsp3) is 1.00. The van der Waals surface area contributed by atoms with Gasteiger partial charge in [-0.2, -0.15) is 0 Å². The Morgan fingerprint density at radius 3 is 2.54 bits per heavy atom. The van der Waals surface area contributed by atoms with E-state index in [1.54, 1.807) is 0 Å². The van der Waals surface area contributed by atoms with Gasteiger partial charge in [-0.05, 0) is 31.7 Å². The number of piperidine rings is 1. The van der Waals surface area contributed by atoms with Crippen molar-refractivity contribution in [3.63, 3.8) is 0 Å². The van der Waals surface area contributed by atoms with Gasteiger partial charge in [0.1, 0.15) is 0 Å². The summed E-state index contributed by atoms with van der Waals surface area (Å²) >= 11 is 0. The summed E-state index contributed by atoms with van der Waals surface area (Å²) in [7, 11) is 0. The van der Waals surface area contributed by atoms with Crippen molar-refractivity contribution in [1.29, 1.82) is 0 Å². The molecule has 78 valence electrons. The molecule has 1 saturated heterocycles. The van der Waals surface area contributed by atoms with Crippen molar-refractivity contribution in [3.8, 4) is 0 Å². The van der Waals surface area contributed by atoms with Crippen LogP contribution in [0.1, 0.15) is 46.0 Å². The predicted molar refractivity (Wildman–Crippen MR) is 55.7 cm³/mol. The van der Waals surface area contributed by atoms with Gasteiger partial charge >= 0.3 is 0 Å². The Morgan fingerprint density at radius 2 is 2.08 bits per heavy atom. The van der Waals surface area contributed by atoms with Crippen LogP contribution in [-0.2, 0) is 0 Å². The fourth-order valence-electron chi connectivity index (χ4n) is 2.24. The summed E-state index contributed by atoms with van der Waals surface area (Å²) in [4.78, 5) is 0. The maximum Gasteiger partial charge on any atom is 0.0774 e. The Morgan fingerprint density at radius 1 is 1.38 bits per heavy atom. The third-order valence-corrected chi connectivity index (χ3v) is 3.27. The van der Waals surface area contributed by atoms with E-state index < -0.39 is 5.60 Å². The van der Waals surface area contributed by atoms with Crippen molar-refractivity contribution in [3.05, 3.63) is 0 Å². The van der Waals surface area contributed by atoms with Crippen LogP contribution in [0.25, 0.3) is 0 Å². The maximum atomic E-state index is 10.2. The van der Waals surface area contributed by atoms with Crippen molar-refractivity contribution in [2.75, 3.05) is 13.1 Å². The van der Waals surface area contributed by atoms with Gasteiger partial charge in [0, 0.05) is 6.54 Å². The highest BCUT2D eigenvalue weighted by Gasteiger charge is 2.30. The third-order valence-electron chi connectivity index (χ3n) is 3.27. The Balaban J connectivity index is 2.39. The van der Waals surface area contributed by atoms with Gasteiger partial charge in [-0.15, -0.1) is 0 Å². The van der Waals surface area contributed by atoms with Gasteiger partial charge in [0.15, 0.2) is 0 Å². The zero-order valence-corrected chi connectivity index (χ0v) is 8.97. The number of β-amino-alcohol motifs (C(OH)–C–C–N with tert-alkyl or cyclic N) is 1. The summed E-state index contributed by atoms with van der Waals surface area (Å²) in [5, 5.41) is 13.5. The molecule has 1 rings (SSSR count). The van der Waals surface area contributed by atoms with Crippen molar-refractivity contribution in [2.24, 2.45) is 5.92 Å². The maximum absolute atomic E-state index is 10.2. The summed E-state index contributed by atoms with van der Waals surface area (Å²) in [6.45, 7) is 6.30. The number of rotatable bonds is 4. The largest absolute Gasteiger partial charge is 0.389 e. The summed E-state index contributed by atoms with van der Waals surface area (Å²) in [6, 6.07) is 0. The van der Waals surface area contributed by atoms with E-state index in [2.05, 4.69) is 19.2 Å². The second kappa shape index (κ2) is 4.97. The van der Waals surface area contributed by atoms with Crippen molar-refractivity contribution >= 4 is 0 Å². The minimum absolute atomic E-state index is 0.408. The third kappa shape index (κ3) is 3.28. The molecular weight excluding hydrogens is 162 g/mol. The van der Waals surface area contributed by atoms with Gasteiger partial charge in [-0.1, -0.05) is 26.7 Å². The smallest absolute Gasteiger partial charge is 0.0774 e. The lowest BCUT2D eigenvalue weighted by Gasteiger charge is -2.35. The topological polar surface area (TPSA) is 32.3 Å². The van der Waals surface area contributed by atoms with Crippen LogP contribution in [0.5, 0.6) is 0 Å². The van der Waals surface area contributed by atoms with Crippen LogP contribution in [0.15, 0.2) is 0 Å². The number of hydrogen-bond acceptors (Lipinski definition) is 2. The summed E-state index contributed by atoms with van der Waals surface area (Å²) in [5.74, 6) is 0.699. The standard InChI is InChI=1S/C11H23NO/c1-3-10(4-2)8-11(13)6-5-7-12-9-11/h10,12-13H,3-9H2,1-2H3. The number of hydrogen-bond donors (Lipinski definition) is 2. The molecule has 0 bridgehead atoms. The molecule has 1 atom stereocenters. The average molecular weight is 185 g/mol. The van der Waals surface area contributed by atoms with Gasteiger partial charge in [-0.25, -0.2) is 0 Å². The molecule has 0 aromatic carbocycles. The van der Waals surface area contributed by atoms with Crippen molar-refractivity contribution in [2.45, 2.75) is 51.6 Å². The molecular formula is C11H23NO. The van der Waals surface area contributed by atoms with Crippen LogP contribution in [0.4, 0.5) is 0 Å².